The van der Waals surface area contributed by atoms with E-state index in [1.165, 1.54) is 0 Å². The number of methoxy groups -OCH3 is 2. The van der Waals surface area contributed by atoms with E-state index in [-0.39, 0.29) is 19.0 Å². The van der Waals surface area contributed by atoms with Gasteiger partial charge in [0.15, 0.2) is 11.5 Å². The highest BCUT2D eigenvalue weighted by Crippen LogP contribution is 2.43. The first-order valence-electron chi connectivity index (χ1n) is 11.0. The Morgan fingerprint density at radius 3 is 2.87 bits per heavy atom. The number of piperidine rings is 1. The van der Waals surface area contributed by atoms with Gasteiger partial charge in [-0.25, -0.2) is 0 Å². The van der Waals surface area contributed by atoms with Gasteiger partial charge in [0.2, 0.25) is 0 Å². The molecule has 1 aromatic rings. The van der Waals surface area contributed by atoms with Crippen molar-refractivity contribution in [2.24, 2.45) is 11.8 Å². The van der Waals surface area contributed by atoms with Gasteiger partial charge in [-0.1, -0.05) is 13.8 Å². The van der Waals surface area contributed by atoms with Crippen molar-refractivity contribution in [3.63, 3.8) is 0 Å². The number of hydrogen-bond acceptors (Lipinski definition) is 4. The van der Waals surface area contributed by atoms with Crippen molar-refractivity contribution in [1.82, 2.24) is 4.90 Å². The normalized spacial score (nSPS) is 35.0. The minimum Gasteiger partial charge on any atom is -0.493 e. The summed E-state index contributed by atoms with van der Waals surface area (Å²) in [5, 5.41) is 10.8. The van der Waals surface area contributed by atoms with E-state index >= 15 is 0 Å². The van der Waals surface area contributed by atoms with Crippen LogP contribution in [0.2, 0.25) is 0 Å². The second-order valence-corrected chi connectivity index (χ2v) is 6.35. The highest BCUT2D eigenvalue weighted by molar-refractivity contribution is 5.49. The number of rotatable bonds is 4. The Morgan fingerprint density at radius 2 is 2.17 bits per heavy atom. The molecule has 1 fully saturated rings. The van der Waals surface area contributed by atoms with Crippen LogP contribution in [0, 0.1) is 11.8 Å². The summed E-state index contributed by atoms with van der Waals surface area (Å²) in [7, 11) is 3.15. The summed E-state index contributed by atoms with van der Waals surface area (Å²) >= 11 is 0. The lowest BCUT2D eigenvalue weighted by atomic mass is 9.79. The van der Waals surface area contributed by atoms with Crippen molar-refractivity contribution in [3.05, 3.63) is 23.3 Å². The first-order valence-corrected chi connectivity index (χ1v) is 8.02. The van der Waals surface area contributed by atoms with Crippen LogP contribution in [0.25, 0.3) is 0 Å². The predicted molar refractivity (Wildman–Crippen MR) is 91.1 cm³/mol. The van der Waals surface area contributed by atoms with Crippen LogP contribution in [0.4, 0.5) is 0 Å². The van der Waals surface area contributed by atoms with E-state index in [2.05, 4.69) is 4.90 Å². The minimum absolute atomic E-state index is 0.120. The summed E-state index contributed by atoms with van der Waals surface area (Å²) in [5.41, 5.74) is 2.11. The van der Waals surface area contributed by atoms with Gasteiger partial charge in [0.25, 0.3) is 0 Å². The van der Waals surface area contributed by atoms with Gasteiger partial charge in [-0.3, -0.25) is 4.90 Å². The number of aliphatic hydroxyl groups is 1. The molecule has 0 amide bonds. The molecule has 0 radical (unpaired) electrons. The second kappa shape index (κ2) is 6.70. The fraction of sp³-hybridized carbons (Fsp3) is 0.684. The third kappa shape index (κ3) is 3.20. The zero-order valence-electron chi connectivity index (χ0n) is 19.9. The average molecular weight is 325 g/mol. The molecule has 1 saturated heterocycles. The Morgan fingerprint density at radius 1 is 1.43 bits per heavy atom. The summed E-state index contributed by atoms with van der Waals surface area (Å²) in [5.74, 6) is -2.06. The number of hydrogen-bond donors (Lipinski definition) is 1. The summed E-state index contributed by atoms with van der Waals surface area (Å²) in [6, 6.07) is 3.73. The van der Waals surface area contributed by atoms with Crippen molar-refractivity contribution in [1.29, 1.82) is 0 Å². The predicted octanol–water partition coefficient (Wildman–Crippen LogP) is 3.03. The Balaban J connectivity index is 1.92. The molecule has 0 spiro atoms. The van der Waals surface area contributed by atoms with Crippen molar-refractivity contribution < 1.29 is 22.8 Å². The fourth-order valence-corrected chi connectivity index (χ4v) is 3.76. The molecule has 23 heavy (non-hydrogen) atoms. The summed E-state index contributed by atoms with van der Waals surface area (Å²) in [6.07, 6.45) is -2.45. The molecule has 0 bridgehead atoms. The van der Waals surface area contributed by atoms with Crippen molar-refractivity contribution in [3.8, 4) is 11.5 Å². The molecule has 4 unspecified atom stereocenters. The molecular formula is C19H29NO3. The maximum atomic E-state index is 10.8. The molecule has 1 aromatic carbocycles. The Labute approximate surface area is 147 Å². The monoisotopic (exact) mass is 325 g/mol. The van der Waals surface area contributed by atoms with Crippen LogP contribution in [0.1, 0.15) is 52.0 Å². The van der Waals surface area contributed by atoms with Crippen LogP contribution in [-0.2, 0) is 6.42 Å². The lowest BCUT2D eigenvalue weighted by molar-refractivity contribution is -0.0191. The molecule has 1 N–H and O–H groups in total. The lowest BCUT2D eigenvalue weighted by Gasteiger charge is -2.46. The SMILES string of the molecule is [2H]C([2H])([2H])C([2H])(C)C([2H])([2H])C1CN2CCc3cc(OC)c(OC)cc3C2CC1O. The van der Waals surface area contributed by atoms with Crippen molar-refractivity contribution >= 4 is 0 Å². The summed E-state index contributed by atoms with van der Waals surface area (Å²) in [4.78, 5) is 2.08. The van der Waals surface area contributed by atoms with Gasteiger partial charge >= 0.3 is 0 Å². The molecule has 4 nitrogen and oxygen atoms in total. The maximum absolute atomic E-state index is 10.8. The van der Waals surface area contributed by atoms with Crippen LogP contribution in [0.15, 0.2) is 12.1 Å². The Kier molecular flexibility index (Phi) is 3.08. The second-order valence-electron chi connectivity index (χ2n) is 6.35. The van der Waals surface area contributed by atoms with Gasteiger partial charge < -0.3 is 14.6 Å². The number of nitrogens with zero attached hydrogens (tertiary/aromatic N) is 1. The van der Waals surface area contributed by atoms with E-state index in [1.807, 2.05) is 12.1 Å². The third-order valence-corrected chi connectivity index (χ3v) is 4.88. The minimum atomic E-state index is -2.80. The molecule has 2 aliphatic rings. The molecule has 4 heteroatoms. The van der Waals surface area contributed by atoms with Gasteiger partial charge in [0.05, 0.1) is 20.3 Å². The van der Waals surface area contributed by atoms with Gasteiger partial charge in [0, 0.05) is 27.4 Å². The standard InChI is InChI=1S/C19H29NO3/c1-12(2)7-14-11-20-6-5-13-8-18(22-3)19(23-4)9-15(13)16(20)10-17(14)21/h8-9,12,14,16-17,21H,5-7,10-11H2,1-4H3/i1D3,7D2,12D. The molecular weight excluding hydrogens is 290 g/mol. The summed E-state index contributed by atoms with van der Waals surface area (Å²) < 4.78 is 58.9. The molecule has 2 heterocycles. The van der Waals surface area contributed by atoms with Crippen LogP contribution in [-0.4, -0.2) is 43.4 Å². The first kappa shape index (κ1) is 10.6. The molecule has 0 saturated carbocycles. The van der Waals surface area contributed by atoms with Gasteiger partial charge in [-0.15, -0.1) is 0 Å². The largest absolute Gasteiger partial charge is 0.493 e. The Bertz CT molecular complexity index is 767. The quantitative estimate of drug-likeness (QED) is 0.924. The lowest BCUT2D eigenvalue weighted by Crippen LogP contribution is -2.48. The van der Waals surface area contributed by atoms with E-state index in [0.717, 1.165) is 24.5 Å². The molecule has 0 aromatic heterocycles. The highest BCUT2D eigenvalue weighted by Gasteiger charge is 2.38. The summed E-state index contributed by atoms with van der Waals surface area (Å²) in [6.45, 7) is -0.848. The third-order valence-electron chi connectivity index (χ3n) is 4.88. The first-order chi connectivity index (χ1) is 13.3. The molecule has 4 atom stereocenters. The van der Waals surface area contributed by atoms with E-state index < -0.39 is 31.1 Å². The molecule has 128 valence electrons. The van der Waals surface area contributed by atoms with Gasteiger partial charge in [-0.05, 0) is 54.3 Å². The van der Waals surface area contributed by atoms with E-state index in [4.69, 9.17) is 17.7 Å². The maximum Gasteiger partial charge on any atom is 0.161 e. The number of fused-ring (bicyclic) bond motifs is 3. The Hall–Kier alpha value is -1.26. The zero-order chi connectivity index (χ0) is 21.8. The zero-order valence-corrected chi connectivity index (χ0v) is 13.9. The van der Waals surface area contributed by atoms with Crippen LogP contribution in [0.5, 0.6) is 11.5 Å². The smallest absolute Gasteiger partial charge is 0.161 e. The van der Waals surface area contributed by atoms with Gasteiger partial charge in [0.1, 0.15) is 0 Å². The number of aliphatic hydroxyl groups excluding tert-OH is 1. The van der Waals surface area contributed by atoms with Crippen LogP contribution < -0.4 is 9.47 Å². The van der Waals surface area contributed by atoms with Crippen LogP contribution in [0.3, 0.4) is 0 Å². The van der Waals surface area contributed by atoms with Crippen LogP contribution >= 0.6 is 0 Å². The van der Waals surface area contributed by atoms with Crippen molar-refractivity contribution in [2.45, 2.75) is 45.1 Å². The van der Waals surface area contributed by atoms with Crippen molar-refractivity contribution in [2.75, 3.05) is 27.3 Å². The number of ether oxygens (including phenoxy) is 2. The van der Waals surface area contributed by atoms with E-state index in [0.29, 0.717) is 18.0 Å². The fourth-order valence-electron chi connectivity index (χ4n) is 3.76. The molecule has 3 rings (SSSR count). The average Bonchev–Trinajstić information content (AvgIpc) is 2.65. The molecule has 0 aliphatic carbocycles. The van der Waals surface area contributed by atoms with E-state index in [1.54, 1.807) is 14.2 Å². The topological polar surface area (TPSA) is 41.9 Å². The molecule has 2 aliphatic heterocycles. The highest BCUT2D eigenvalue weighted by atomic mass is 16.5. The number of benzene rings is 1. The van der Waals surface area contributed by atoms with E-state index in [9.17, 15) is 5.11 Å². The van der Waals surface area contributed by atoms with Gasteiger partial charge in [-0.2, -0.15) is 0 Å².